The van der Waals surface area contributed by atoms with E-state index < -0.39 is 0 Å². The second kappa shape index (κ2) is 15.8. The number of fused-ring (bicyclic) bond motifs is 3. The molecule has 7 aliphatic rings. The van der Waals surface area contributed by atoms with E-state index in [-0.39, 0.29) is 23.7 Å². The van der Waals surface area contributed by atoms with Crippen molar-refractivity contribution >= 4 is 11.6 Å². The van der Waals surface area contributed by atoms with Crippen LogP contribution in [0.1, 0.15) is 118 Å². The lowest BCUT2D eigenvalue weighted by Crippen LogP contribution is -2.22. The summed E-state index contributed by atoms with van der Waals surface area (Å²) in [5.41, 5.74) is 11.0. The number of ether oxygens (including phenoxy) is 3. The summed E-state index contributed by atoms with van der Waals surface area (Å²) in [6.45, 7) is 3.28. The molecule has 8 atom stereocenters. The van der Waals surface area contributed by atoms with E-state index in [0.29, 0.717) is 40.2 Å². The fourth-order valence-electron chi connectivity index (χ4n) is 11.8. The van der Waals surface area contributed by atoms with Gasteiger partial charge in [0.25, 0.3) is 0 Å². The monoisotopic (exact) mass is 811 g/mol. The summed E-state index contributed by atoms with van der Waals surface area (Å²) < 4.78 is 20.0. The van der Waals surface area contributed by atoms with Gasteiger partial charge in [0, 0.05) is 17.6 Å². The van der Waals surface area contributed by atoms with Gasteiger partial charge in [-0.05, 0) is 183 Å². The Bertz CT molecular complexity index is 2270. The van der Waals surface area contributed by atoms with Gasteiger partial charge < -0.3 is 24.4 Å². The van der Waals surface area contributed by atoms with Crippen LogP contribution in [0.25, 0.3) is 11.1 Å². The van der Waals surface area contributed by atoms with E-state index in [1.807, 2.05) is 12.1 Å². The summed E-state index contributed by atoms with van der Waals surface area (Å²) in [5, 5.41) is 30.8. The average Bonchev–Trinajstić information content (AvgIpc) is 4.17. The summed E-state index contributed by atoms with van der Waals surface area (Å²) in [6, 6.07) is 19.4. The SMILES string of the molecule is Cc1c(OCCCC2CC23CCCC(O)CC3)cccc1-c1cccc2c1CC[C@@H]2Oc1cc(OCC2=CC(C#N)=CC3CC3=C2)c(CC23CCC(O)CC2C3)cc1Cl. The Balaban J connectivity index is 0.844. The van der Waals surface area contributed by atoms with E-state index in [1.165, 1.54) is 65.5 Å². The number of allylic oxidation sites excluding steroid dienone is 4. The number of halogens is 1. The van der Waals surface area contributed by atoms with Gasteiger partial charge in [0.15, 0.2) is 0 Å². The number of nitriles is 1. The van der Waals surface area contributed by atoms with Crippen molar-refractivity contribution in [1.29, 1.82) is 5.26 Å². The number of benzene rings is 3. The minimum absolute atomic E-state index is 0.0934. The molecule has 0 radical (unpaired) electrons. The minimum atomic E-state index is -0.190. The molecule has 7 unspecified atom stereocenters. The third-order valence-electron chi connectivity index (χ3n) is 15.5. The van der Waals surface area contributed by atoms with Crippen LogP contribution in [0.3, 0.4) is 0 Å². The van der Waals surface area contributed by atoms with Gasteiger partial charge in [-0.2, -0.15) is 5.26 Å². The Morgan fingerprint density at radius 3 is 2.64 bits per heavy atom. The van der Waals surface area contributed by atoms with Gasteiger partial charge in [0.2, 0.25) is 0 Å². The molecule has 0 aliphatic heterocycles. The third kappa shape index (κ3) is 8.01. The molecule has 3 aromatic rings. The van der Waals surface area contributed by atoms with Crippen LogP contribution >= 0.6 is 11.6 Å². The van der Waals surface area contributed by atoms with Gasteiger partial charge in [0.1, 0.15) is 30.0 Å². The molecule has 59 heavy (non-hydrogen) atoms. The van der Waals surface area contributed by atoms with Crippen molar-refractivity contribution in [3.05, 3.63) is 111 Å². The molecule has 7 heteroatoms. The molecule has 7 aliphatic carbocycles. The Hall–Kier alpha value is -4.02. The molecule has 3 aromatic carbocycles. The predicted molar refractivity (Wildman–Crippen MR) is 232 cm³/mol. The fraction of sp³-hybridized carbons (Fsp3) is 0.519. The zero-order chi connectivity index (χ0) is 40.3. The first-order chi connectivity index (χ1) is 28.7. The summed E-state index contributed by atoms with van der Waals surface area (Å²) in [5.74, 6) is 4.10. The molecule has 0 aromatic heterocycles. The van der Waals surface area contributed by atoms with Crippen molar-refractivity contribution in [2.75, 3.05) is 13.2 Å². The van der Waals surface area contributed by atoms with Crippen molar-refractivity contribution in [3.63, 3.8) is 0 Å². The van der Waals surface area contributed by atoms with Gasteiger partial charge in [-0.3, -0.25) is 0 Å². The van der Waals surface area contributed by atoms with Gasteiger partial charge in [0.05, 0.1) is 29.9 Å². The standard InChI is InChI=1S/C52H58ClNO5/c1-32-42(8-3-11-47(32)57-19-5-6-38-28-51(38)16-4-7-40(55)14-17-51)43-9-2-10-45-44(43)12-13-48(45)59-50-26-49(58-31-34-20-33(30-54)21-35-23-36(35)22-34)37(24-46(50)53)27-52-18-15-41(56)25-39(52)29-52/h2-3,8-11,20-22,24,26,35,38-41,48,55-56H,4-7,12-19,23,25,27-29,31H2,1H3/t35?,38?,39?,40?,41?,48-,51?,52?/m0/s1. The fourth-order valence-corrected chi connectivity index (χ4v) is 12.0. The van der Waals surface area contributed by atoms with Crippen molar-refractivity contribution in [3.8, 4) is 34.4 Å². The molecule has 308 valence electrons. The first-order valence-electron chi connectivity index (χ1n) is 22.5. The summed E-state index contributed by atoms with van der Waals surface area (Å²) in [7, 11) is 0. The normalized spacial score (nSPS) is 31.3. The number of rotatable bonds is 13. The maximum absolute atomic E-state index is 10.3. The number of aliphatic hydroxyl groups excluding tert-OH is 2. The van der Waals surface area contributed by atoms with Crippen LogP contribution in [-0.2, 0) is 12.8 Å². The zero-order valence-electron chi connectivity index (χ0n) is 34.5. The largest absolute Gasteiger partial charge is 0.493 e. The molecule has 0 saturated heterocycles. The van der Waals surface area contributed by atoms with Crippen LogP contribution in [0.4, 0.5) is 0 Å². The molecule has 5 saturated carbocycles. The molecule has 0 heterocycles. The lowest BCUT2D eigenvalue weighted by molar-refractivity contribution is 0.105. The lowest BCUT2D eigenvalue weighted by atomic mass is 9.82. The first-order valence-corrected chi connectivity index (χ1v) is 22.9. The topological polar surface area (TPSA) is 91.9 Å². The van der Waals surface area contributed by atoms with Gasteiger partial charge in [-0.15, -0.1) is 0 Å². The predicted octanol–water partition coefficient (Wildman–Crippen LogP) is 11.7. The number of hydrogen-bond acceptors (Lipinski definition) is 6. The minimum Gasteiger partial charge on any atom is -0.493 e. The van der Waals surface area contributed by atoms with E-state index in [0.717, 1.165) is 106 Å². The second-order valence-corrected chi connectivity index (χ2v) is 19.7. The Morgan fingerprint density at radius 2 is 1.76 bits per heavy atom. The van der Waals surface area contributed by atoms with Crippen LogP contribution in [0.5, 0.6) is 17.2 Å². The van der Waals surface area contributed by atoms with Crippen LogP contribution in [0.2, 0.25) is 5.02 Å². The third-order valence-corrected chi connectivity index (χ3v) is 15.8. The summed E-state index contributed by atoms with van der Waals surface area (Å²) in [4.78, 5) is 0. The van der Waals surface area contributed by atoms with E-state index in [2.05, 4.69) is 67.6 Å². The molecule has 6 nitrogen and oxygen atoms in total. The molecule has 1 spiro atoms. The molecule has 0 bridgehead atoms. The van der Waals surface area contributed by atoms with E-state index in [9.17, 15) is 15.5 Å². The van der Waals surface area contributed by atoms with Gasteiger partial charge >= 0.3 is 0 Å². The molecular formula is C52H58ClNO5. The molecule has 2 N–H and O–H groups in total. The van der Waals surface area contributed by atoms with E-state index in [4.69, 9.17) is 25.8 Å². The first kappa shape index (κ1) is 39.1. The van der Waals surface area contributed by atoms with E-state index >= 15 is 0 Å². The summed E-state index contributed by atoms with van der Waals surface area (Å²) >= 11 is 7.12. The summed E-state index contributed by atoms with van der Waals surface area (Å²) in [6.07, 6.45) is 22.5. The van der Waals surface area contributed by atoms with Crippen molar-refractivity contribution in [2.45, 2.75) is 128 Å². The highest BCUT2D eigenvalue weighted by molar-refractivity contribution is 6.32. The van der Waals surface area contributed by atoms with Crippen molar-refractivity contribution < 1.29 is 24.4 Å². The molecule has 5 fully saturated rings. The highest BCUT2D eigenvalue weighted by Crippen LogP contribution is 2.64. The quantitative estimate of drug-likeness (QED) is 0.167. The maximum atomic E-state index is 10.3. The highest BCUT2D eigenvalue weighted by atomic mass is 35.5. The van der Waals surface area contributed by atoms with E-state index in [1.54, 1.807) is 0 Å². The molecule has 10 rings (SSSR count). The van der Waals surface area contributed by atoms with Crippen molar-refractivity contribution in [1.82, 2.24) is 0 Å². The van der Waals surface area contributed by atoms with Gasteiger partial charge in [-0.25, -0.2) is 0 Å². The second-order valence-electron chi connectivity index (χ2n) is 19.3. The maximum Gasteiger partial charge on any atom is 0.142 e. The van der Waals surface area contributed by atoms with Gasteiger partial charge in [-0.1, -0.05) is 66.1 Å². The smallest absolute Gasteiger partial charge is 0.142 e. The van der Waals surface area contributed by atoms with Crippen LogP contribution in [0.15, 0.2) is 83.5 Å². The van der Waals surface area contributed by atoms with Crippen molar-refractivity contribution in [2.24, 2.45) is 28.6 Å². The Kier molecular flexibility index (Phi) is 10.5. The van der Waals surface area contributed by atoms with Crippen LogP contribution in [0, 0.1) is 46.8 Å². The number of nitrogens with zero attached hydrogens (tertiary/aromatic N) is 1. The lowest BCUT2D eigenvalue weighted by Gasteiger charge is -2.27. The number of aliphatic hydroxyl groups is 2. The molecular weight excluding hydrogens is 754 g/mol. The zero-order valence-corrected chi connectivity index (χ0v) is 35.2. The Labute approximate surface area is 354 Å². The Morgan fingerprint density at radius 1 is 0.898 bits per heavy atom. The van der Waals surface area contributed by atoms with Crippen LogP contribution < -0.4 is 14.2 Å². The average molecular weight is 812 g/mol. The number of hydrogen-bond donors (Lipinski definition) is 2. The highest BCUT2D eigenvalue weighted by Gasteiger charge is 2.56. The van der Waals surface area contributed by atoms with Crippen LogP contribution in [-0.4, -0.2) is 35.6 Å². The molecule has 0 amide bonds.